The molecule has 2 unspecified atom stereocenters. The predicted octanol–water partition coefficient (Wildman–Crippen LogP) is 2.52. The van der Waals surface area contributed by atoms with Gasteiger partial charge in [0.05, 0.1) is 0 Å². The molecule has 2 heteroatoms. The first-order valence-electron chi connectivity index (χ1n) is 7.06. The van der Waals surface area contributed by atoms with Crippen LogP contribution >= 0.6 is 0 Å². The van der Waals surface area contributed by atoms with E-state index >= 15 is 0 Å². The lowest BCUT2D eigenvalue weighted by Crippen LogP contribution is -2.39. The highest BCUT2D eigenvalue weighted by Gasteiger charge is 2.38. The average molecular weight is 225 g/mol. The van der Waals surface area contributed by atoms with Gasteiger partial charge in [-0.1, -0.05) is 20.3 Å². The highest BCUT2D eigenvalue weighted by atomic mass is 16.3. The fourth-order valence-electron chi connectivity index (χ4n) is 3.68. The zero-order valence-electron chi connectivity index (χ0n) is 10.9. The number of hydrogen-bond acceptors (Lipinski definition) is 2. The highest BCUT2D eigenvalue weighted by Crippen LogP contribution is 2.39. The Morgan fingerprint density at radius 2 is 1.69 bits per heavy atom. The molecule has 0 aromatic carbocycles. The molecule has 1 saturated heterocycles. The van der Waals surface area contributed by atoms with Crippen LogP contribution in [0.3, 0.4) is 0 Å². The maximum Gasteiger partial charge on any atom is 0.0499 e. The van der Waals surface area contributed by atoms with Crippen molar-refractivity contribution in [1.82, 2.24) is 4.90 Å². The van der Waals surface area contributed by atoms with E-state index in [0.717, 1.165) is 31.2 Å². The van der Waals surface area contributed by atoms with Gasteiger partial charge in [0.2, 0.25) is 0 Å². The molecule has 16 heavy (non-hydrogen) atoms. The van der Waals surface area contributed by atoms with Crippen molar-refractivity contribution in [3.05, 3.63) is 0 Å². The molecule has 1 aliphatic heterocycles. The molecule has 2 nitrogen and oxygen atoms in total. The summed E-state index contributed by atoms with van der Waals surface area (Å²) >= 11 is 0. The fraction of sp³-hybridized carbons (Fsp3) is 1.00. The van der Waals surface area contributed by atoms with Crippen molar-refractivity contribution in [2.24, 2.45) is 17.3 Å². The van der Waals surface area contributed by atoms with Gasteiger partial charge in [0.1, 0.15) is 0 Å². The van der Waals surface area contributed by atoms with Gasteiger partial charge in [-0.15, -0.1) is 0 Å². The van der Waals surface area contributed by atoms with Gasteiger partial charge < -0.3 is 10.0 Å². The number of rotatable bonds is 5. The van der Waals surface area contributed by atoms with E-state index in [1.54, 1.807) is 0 Å². The summed E-state index contributed by atoms with van der Waals surface area (Å²) in [6.45, 7) is 8.50. The second-order valence-electron chi connectivity index (χ2n) is 6.01. The van der Waals surface area contributed by atoms with Crippen molar-refractivity contribution in [3.8, 4) is 0 Å². The van der Waals surface area contributed by atoms with Crippen molar-refractivity contribution in [2.45, 2.75) is 46.0 Å². The van der Waals surface area contributed by atoms with E-state index in [4.69, 9.17) is 0 Å². The van der Waals surface area contributed by atoms with Crippen LogP contribution < -0.4 is 0 Å². The smallest absolute Gasteiger partial charge is 0.0499 e. The number of nitrogens with zero attached hydrogens (tertiary/aromatic N) is 1. The van der Waals surface area contributed by atoms with Gasteiger partial charge in [-0.3, -0.25) is 0 Å². The molecule has 1 heterocycles. The van der Waals surface area contributed by atoms with E-state index in [9.17, 15) is 5.11 Å². The van der Waals surface area contributed by atoms with Gasteiger partial charge in [-0.25, -0.2) is 0 Å². The fourth-order valence-corrected chi connectivity index (χ4v) is 3.68. The van der Waals surface area contributed by atoms with Crippen LogP contribution in [0, 0.1) is 17.3 Å². The number of fused-ring (bicyclic) bond motifs is 1. The van der Waals surface area contributed by atoms with Crippen LogP contribution in [-0.4, -0.2) is 36.2 Å². The van der Waals surface area contributed by atoms with Crippen LogP contribution in [0.5, 0.6) is 0 Å². The topological polar surface area (TPSA) is 23.5 Å². The normalized spacial score (nSPS) is 30.9. The summed E-state index contributed by atoms with van der Waals surface area (Å²) in [5, 5.41) is 9.61. The lowest BCUT2D eigenvalue weighted by atomic mass is 9.83. The summed E-state index contributed by atoms with van der Waals surface area (Å²) in [5.41, 5.74) is 0.165. The first kappa shape index (κ1) is 12.4. The number of aliphatic hydroxyl groups is 1. The summed E-state index contributed by atoms with van der Waals surface area (Å²) in [5.74, 6) is 1.95. The average Bonchev–Trinajstić information content (AvgIpc) is 2.86. The standard InChI is InChI=1S/C14H27NO/c1-3-14(4-2,11-16)10-15-8-12-6-5-7-13(12)9-15/h12-13,16H,3-11H2,1-2H3. The molecule has 2 atom stereocenters. The van der Waals surface area contributed by atoms with E-state index in [0.29, 0.717) is 6.61 Å². The first-order chi connectivity index (χ1) is 7.73. The molecular formula is C14H27NO. The summed E-state index contributed by atoms with van der Waals surface area (Å²) < 4.78 is 0. The molecule has 2 aliphatic rings. The Kier molecular flexibility index (Phi) is 3.91. The Hall–Kier alpha value is -0.0800. The molecule has 2 fully saturated rings. The Morgan fingerprint density at radius 1 is 1.12 bits per heavy atom. The van der Waals surface area contributed by atoms with Gasteiger partial charge in [0.15, 0.2) is 0 Å². The van der Waals surface area contributed by atoms with Crippen molar-refractivity contribution in [2.75, 3.05) is 26.2 Å². The molecule has 94 valence electrons. The van der Waals surface area contributed by atoms with E-state index in [1.165, 1.54) is 32.4 Å². The number of aliphatic hydroxyl groups excluding tert-OH is 1. The van der Waals surface area contributed by atoms with Crippen molar-refractivity contribution >= 4 is 0 Å². The third-order valence-corrected chi connectivity index (χ3v) is 5.20. The van der Waals surface area contributed by atoms with E-state index in [-0.39, 0.29) is 5.41 Å². The highest BCUT2D eigenvalue weighted by molar-refractivity contribution is 4.91. The van der Waals surface area contributed by atoms with E-state index in [2.05, 4.69) is 18.7 Å². The lowest BCUT2D eigenvalue weighted by Gasteiger charge is -2.34. The quantitative estimate of drug-likeness (QED) is 0.777. The van der Waals surface area contributed by atoms with Gasteiger partial charge in [0.25, 0.3) is 0 Å². The zero-order valence-corrected chi connectivity index (χ0v) is 10.9. The van der Waals surface area contributed by atoms with Crippen LogP contribution in [0.1, 0.15) is 46.0 Å². The molecule has 0 aromatic heterocycles. The first-order valence-corrected chi connectivity index (χ1v) is 7.06. The van der Waals surface area contributed by atoms with Crippen molar-refractivity contribution in [3.63, 3.8) is 0 Å². The molecule has 0 spiro atoms. The minimum absolute atomic E-state index is 0.165. The van der Waals surface area contributed by atoms with Gasteiger partial charge in [-0.05, 0) is 37.5 Å². The lowest BCUT2D eigenvalue weighted by molar-refractivity contribution is 0.0719. The van der Waals surface area contributed by atoms with Crippen LogP contribution in [-0.2, 0) is 0 Å². The minimum atomic E-state index is 0.165. The second kappa shape index (κ2) is 5.05. The summed E-state index contributed by atoms with van der Waals surface area (Å²) in [7, 11) is 0. The Morgan fingerprint density at radius 3 is 2.12 bits per heavy atom. The summed E-state index contributed by atoms with van der Waals surface area (Å²) in [6, 6.07) is 0. The van der Waals surface area contributed by atoms with Gasteiger partial charge in [0, 0.05) is 31.7 Å². The summed E-state index contributed by atoms with van der Waals surface area (Å²) in [6.07, 6.45) is 6.56. The largest absolute Gasteiger partial charge is 0.396 e. The Balaban J connectivity index is 1.90. The van der Waals surface area contributed by atoms with Gasteiger partial charge in [-0.2, -0.15) is 0 Å². The molecule has 0 aromatic rings. The molecule has 1 N–H and O–H groups in total. The number of hydrogen-bond donors (Lipinski definition) is 1. The summed E-state index contributed by atoms with van der Waals surface area (Å²) in [4.78, 5) is 2.62. The maximum absolute atomic E-state index is 9.61. The van der Waals surface area contributed by atoms with E-state index in [1.807, 2.05) is 0 Å². The molecule has 1 aliphatic carbocycles. The molecule has 0 radical (unpaired) electrons. The third kappa shape index (κ3) is 2.28. The van der Waals surface area contributed by atoms with Crippen LogP contribution in [0.4, 0.5) is 0 Å². The number of likely N-dealkylation sites (tertiary alicyclic amines) is 1. The maximum atomic E-state index is 9.61. The van der Waals surface area contributed by atoms with Crippen molar-refractivity contribution in [1.29, 1.82) is 0 Å². The Labute approximate surface area is 100 Å². The Bertz CT molecular complexity index is 205. The van der Waals surface area contributed by atoms with Gasteiger partial charge >= 0.3 is 0 Å². The molecule has 2 rings (SSSR count). The van der Waals surface area contributed by atoms with E-state index < -0.39 is 0 Å². The molecular weight excluding hydrogens is 198 g/mol. The monoisotopic (exact) mass is 225 g/mol. The molecule has 0 bridgehead atoms. The minimum Gasteiger partial charge on any atom is -0.396 e. The second-order valence-corrected chi connectivity index (χ2v) is 6.01. The SMILES string of the molecule is CCC(CC)(CO)CN1CC2CCCC2C1. The molecule has 0 amide bonds. The van der Waals surface area contributed by atoms with Crippen LogP contribution in [0.2, 0.25) is 0 Å². The van der Waals surface area contributed by atoms with Crippen LogP contribution in [0.15, 0.2) is 0 Å². The zero-order chi connectivity index (χ0) is 11.6. The van der Waals surface area contributed by atoms with Crippen LogP contribution in [0.25, 0.3) is 0 Å². The van der Waals surface area contributed by atoms with Crippen molar-refractivity contribution < 1.29 is 5.11 Å². The predicted molar refractivity (Wildman–Crippen MR) is 67.4 cm³/mol. The third-order valence-electron chi connectivity index (χ3n) is 5.20. The molecule has 1 saturated carbocycles.